The van der Waals surface area contributed by atoms with Crippen molar-refractivity contribution < 1.29 is 14.0 Å². The maximum absolute atomic E-state index is 13.1. The summed E-state index contributed by atoms with van der Waals surface area (Å²) in [7, 11) is 2.13. The smallest absolute Gasteiger partial charge is 0.271 e. The van der Waals surface area contributed by atoms with Crippen LogP contribution >= 0.6 is 0 Å². The number of rotatable bonds is 4. The molecular weight excluding hydrogens is 332 g/mol. The minimum Gasteiger partial charge on any atom is -0.460 e. The highest BCUT2D eigenvalue weighted by Crippen LogP contribution is 2.32. The van der Waals surface area contributed by atoms with E-state index in [9.17, 15) is 9.59 Å². The Kier molecular flexibility index (Phi) is 4.16. The number of amides is 1. The Morgan fingerprint density at radius 2 is 1.92 bits per heavy atom. The van der Waals surface area contributed by atoms with Crippen molar-refractivity contribution in [1.82, 2.24) is 19.3 Å². The molecule has 2 aromatic rings. The van der Waals surface area contributed by atoms with Crippen molar-refractivity contribution in [2.75, 3.05) is 46.3 Å². The molecule has 0 N–H and O–H groups in total. The molecule has 7 nitrogen and oxygen atoms in total. The van der Waals surface area contributed by atoms with Crippen LogP contribution in [0.25, 0.3) is 11.1 Å². The molecule has 2 aliphatic heterocycles. The zero-order chi connectivity index (χ0) is 18.5. The number of likely N-dealkylation sites (N-methyl/N-ethyl adjacent to an activating group) is 1. The average molecular weight is 358 g/mol. The molecule has 0 radical (unpaired) electrons. The van der Waals surface area contributed by atoms with Gasteiger partial charge in [-0.1, -0.05) is 0 Å². The quantitative estimate of drug-likeness (QED) is 0.769. The normalized spacial score (nSPS) is 25.0. The van der Waals surface area contributed by atoms with Crippen LogP contribution in [0.4, 0.5) is 0 Å². The van der Waals surface area contributed by atoms with Gasteiger partial charge in [0.25, 0.3) is 5.91 Å². The summed E-state index contributed by atoms with van der Waals surface area (Å²) in [6.45, 7) is 9.63. The molecular formula is C19H26N4O3. The monoisotopic (exact) mass is 358 g/mol. The van der Waals surface area contributed by atoms with Gasteiger partial charge >= 0.3 is 0 Å². The fourth-order valence-corrected chi connectivity index (χ4v) is 4.06. The minimum absolute atomic E-state index is 0.0935. The van der Waals surface area contributed by atoms with E-state index in [1.165, 1.54) is 0 Å². The standard InChI is InChI=1S/C19H26N4O3/c1-14-10-15-17(26-14)11-16-18(25)23(19(2,13-24)12-22(15)16)9-8-21-6-4-20(3)5-7-21/h10-11,13H,4-9,12H2,1-3H3. The van der Waals surface area contributed by atoms with Crippen molar-refractivity contribution in [1.29, 1.82) is 0 Å². The van der Waals surface area contributed by atoms with E-state index in [1.807, 2.05) is 24.5 Å². The number of hydrogen-bond acceptors (Lipinski definition) is 5. The fourth-order valence-electron chi connectivity index (χ4n) is 4.06. The molecule has 0 saturated carbocycles. The van der Waals surface area contributed by atoms with Gasteiger partial charge in [0.2, 0.25) is 0 Å². The maximum atomic E-state index is 13.1. The van der Waals surface area contributed by atoms with Crippen LogP contribution in [0.15, 0.2) is 16.5 Å². The summed E-state index contributed by atoms with van der Waals surface area (Å²) in [5.74, 6) is 0.715. The fraction of sp³-hybridized carbons (Fsp3) is 0.579. The van der Waals surface area contributed by atoms with Gasteiger partial charge in [-0.3, -0.25) is 9.69 Å². The second-order valence-electron chi connectivity index (χ2n) is 7.80. The van der Waals surface area contributed by atoms with E-state index in [0.717, 1.165) is 50.3 Å². The molecule has 140 valence electrons. The molecule has 0 spiro atoms. The number of hydrogen-bond donors (Lipinski definition) is 0. The first-order valence-corrected chi connectivity index (χ1v) is 9.20. The predicted octanol–water partition coefficient (Wildman–Crippen LogP) is 1.20. The summed E-state index contributed by atoms with van der Waals surface area (Å²) in [5.41, 5.74) is 1.36. The van der Waals surface area contributed by atoms with Crippen LogP contribution in [0.1, 0.15) is 23.2 Å². The number of aldehydes is 1. The lowest BCUT2D eigenvalue weighted by Crippen LogP contribution is -2.59. The van der Waals surface area contributed by atoms with Gasteiger partial charge < -0.3 is 23.6 Å². The van der Waals surface area contributed by atoms with E-state index in [1.54, 1.807) is 11.0 Å². The Hall–Kier alpha value is -2.12. The summed E-state index contributed by atoms with van der Waals surface area (Å²) >= 11 is 0. The Morgan fingerprint density at radius 3 is 2.62 bits per heavy atom. The molecule has 0 bridgehead atoms. The maximum Gasteiger partial charge on any atom is 0.271 e. The van der Waals surface area contributed by atoms with Gasteiger partial charge in [0.05, 0.1) is 12.1 Å². The number of carbonyl (C=O) groups is 2. The lowest BCUT2D eigenvalue weighted by Gasteiger charge is -2.43. The molecule has 0 aliphatic carbocycles. The van der Waals surface area contributed by atoms with E-state index in [4.69, 9.17) is 4.42 Å². The SMILES string of the molecule is Cc1cc2c(cc3n2CC(C)(C=O)N(CCN2CCN(C)CC2)C3=O)o1. The van der Waals surface area contributed by atoms with Gasteiger partial charge in [-0.15, -0.1) is 0 Å². The number of aromatic nitrogens is 1. The molecule has 1 unspecified atom stereocenters. The van der Waals surface area contributed by atoms with Gasteiger partial charge in [-0.05, 0) is 20.9 Å². The lowest BCUT2D eigenvalue weighted by molar-refractivity contribution is -0.118. The van der Waals surface area contributed by atoms with Gasteiger partial charge in [0, 0.05) is 51.4 Å². The van der Waals surface area contributed by atoms with E-state index in [2.05, 4.69) is 16.8 Å². The van der Waals surface area contributed by atoms with Crippen molar-refractivity contribution in [3.8, 4) is 0 Å². The molecule has 2 aromatic heterocycles. The molecule has 4 rings (SSSR count). The van der Waals surface area contributed by atoms with Crippen molar-refractivity contribution in [2.24, 2.45) is 0 Å². The molecule has 0 aromatic carbocycles. The first-order valence-electron chi connectivity index (χ1n) is 9.20. The minimum atomic E-state index is -0.839. The zero-order valence-electron chi connectivity index (χ0n) is 15.7. The van der Waals surface area contributed by atoms with Crippen LogP contribution < -0.4 is 0 Å². The van der Waals surface area contributed by atoms with Crippen molar-refractivity contribution in [3.63, 3.8) is 0 Å². The molecule has 1 fully saturated rings. The number of aryl methyl sites for hydroxylation is 1. The highest BCUT2D eigenvalue weighted by Gasteiger charge is 2.42. The van der Waals surface area contributed by atoms with E-state index in [0.29, 0.717) is 24.4 Å². The number of furan rings is 1. The van der Waals surface area contributed by atoms with Crippen molar-refractivity contribution in [3.05, 3.63) is 23.6 Å². The topological polar surface area (TPSA) is 61.9 Å². The highest BCUT2D eigenvalue weighted by atomic mass is 16.3. The first-order chi connectivity index (χ1) is 12.4. The van der Waals surface area contributed by atoms with Crippen LogP contribution in [-0.4, -0.2) is 83.3 Å². The highest BCUT2D eigenvalue weighted by molar-refractivity contribution is 6.00. The van der Waals surface area contributed by atoms with E-state index >= 15 is 0 Å². The second kappa shape index (κ2) is 6.25. The molecule has 4 heterocycles. The third-order valence-corrected chi connectivity index (χ3v) is 5.76. The summed E-state index contributed by atoms with van der Waals surface area (Å²) in [6, 6.07) is 3.73. The number of nitrogens with zero attached hydrogens (tertiary/aromatic N) is 4. The summed E-state index contributed by atoms with van der Waals surface area (Å²) in [5, 5.41) is 0. The van der Waals surface area contributed by atoms with Gasteiger partial charge in [0.1, 0.15) is 23.3 Å². The molecule has 26 heavy (non-hydrogen) atoms. The Balaban J connectivity index is 1.58. The zero-order valence-corrected chi connectivity index (χ0v) is 15.7. The van der Waals surface area contributed by atoms with Crippen LogP contribution in [0.3, 0.4) is 0 Å². The van der Waals surface area contributed by atoms with Crippen LogP contribution in [0.5, 0.6) is 0 Å². The molecule has 2 aliphatic rings. The molecule has 1 atom stereocenters. The summed E-state index contributed by atoms with van der Waals surface area (Å²) < 4.78 is 7.60. The Morgan fingerprint density at radius 1 is 1.19 bits per heavy atom. The van der Waals surface area contributed by atoms with Gasteiger partial charge in [-0.2, -0.15) is 0 Å². The van der Waals surface area contributed by atoms with E-state index in [-0.39, 0.29) is 5.91 Å². The van der Waals surface area contributed by atoms with Crippen LogP contribution in [0, 0.1) is 6.92 Å². The van der Waals surface area contributed by atoms with Gasteiger partial charge in [0.15, 0.2) is 5.58 Å². The number of carbonyl (C=O) groups excluding carboxylic acids is 2. The van der Waals surface area contributed by atoms with E-state index < -0.39 is 5.54 Å². The Bertz CT molecular complexity index is 846. The first kappa shape index (κ1) is 17.3. The molecule has 1 amide bonds. The third-order valence-electron chi connectivity index (χ3n) is 5.76. The summed E-state index contributed by atoms with van der Waals surface area (Å²) in [6.07, 6.45) is 0.913. The second-order valence-corrected chi connectivity index (χ2v) is 7.80. The summed E-state index contributed by atoms with van der Waals surface area (Å²) in [4.78, 5) is 31.5. The predicted molar refractivity (Wildman–Crippen MR) is 98.4 cm³/mol. The molecule has 7 heteroatoms. The Labute approximate surface area is 153 Å². The number of fused-ring (bicyclic) bond motifs is 3. The lowest BCUT2D eigenvalue weighted by atomic mass is 9.98. The van der Waals surface area contributed by atoms with Crippen LogP contribution in [-0.2, 0) is 11.3 Å². The van der Waals surface area contributed by atoms with Crippen molar-refractivity contribution in [2.45, 2.75) is 25.9 Å². The number of piperazine rings is 1. The van der Waals surface area contributed by atoms with Crippen molar-refractivity contribution >= 4 is 23.3 Å². The van der Waals surface area contributed by atoms with Crippen LogP contribution in [0.2, 0.25) is 0 Å². The van der Waals surface area contributed by atoms with Gasteiger partial charge in [-0.25, -0.2) is 0 Å². The average Bonchev–Trinajstić information content (AvgIpc) is 3.13. The largest absolute Gasteiger partial charge is 0.460 e. The molecule has 1 saturated heterocycles. The third kappa shape index (κ3) is 2.75.